The van der Waals surface area contributed by atoms with Crippen molar-refractivity contribution >= 4 is 13.7 Å². The molecule has 0 fully saturated rings. The molecule has 0 aromatic heterocycles. The van der Waals surface area contributed by atoms with Crippen LogP contribution in [0.3, 0.4) is 0 Å². The highest BCUT2D eigenvalue weighted by molar-refractivity contribution is 7.56. The van der Waals surface area contributed by atoms with Crippen molar-refractivity contribution in [3.8, 4) is 0 Å². The summed E-state index contributed by atoms with van der Waals surface area (Å²) in [6.07, 6.45) is 0. The number of fused-ring (bicyclic) bond motifs is 1. The van der Waals surface area contributed by atoms with Crippen LogP contribution in [0.2, 0.25) is 0 Å². The summed E-state index contributed by atoms with van der Waals surface area (Å²) in [4.78, 5) is 0. The number of hydrogen-bond acceptors (Lipinski definition) is 3. The fourth-order valence-electron chi connectivity index (χ4n) is 3.24. The van der Waals surface area contributed by atoms with Gasteiger partial charge in [-0.15, -0.1) is 0 Å². The molecule has 136 valence electrons. The smallest absolute Gasteiger partial charge is 0.205 e. The van der Waals surface area contributed by atoms with Crippen LogP contribution in [0.25, 0.3) is 0 Å². The van der Waals surface area contributed by atoms with E-state index in [0.717, 1.165) is 0 Å². The molecule has 0 radical (unpaired) electrons. The van der Waals surface area contributed by atoms with Crippen molar-refractivity contribution in [1.82, 2.24) is 0 Å². The Morgan fingerprint density at radius 1 is 1.12 bits per heavy atom. The second kappa shape index (κ2) is 6.68. The van der Waals surface area contributed by atoms with Gasteiger partial charge in [-0.25, -0.2) is 0 Å². The van der Waals surface area contributed by atoms with Gasteiger partial charge in [0.1, 0.15) is 0 Å². The van der Waals surface area contributed by atoms with Crippen LogP contribution in [-0.4, -0.2) is 27.4 Å². The summed E-state index contributed by atoms with van der Waals surface area (Å²) in [5.74, 6) is 0. The summed E-state index contributed by atoms with van der Waals surface area (Å²) in [7, 11) is 2.47. The molecule has 24 heavy (non-hydrogen) atoms. The normalized spacial score (nSPS) is 20.8. The molecule has 1 aromatic rings. The van der Waals surface area contributed by atoms with E-state index in [1.807, 2.05) is 0 Å². The minimum atomic E-state index is -1.04. The number of benzene rings is 1. The predicted molar refractivity (Wildman–Crippen MR) is 103 cm³/mol. The Balaban J connectivity index is 2.81. The van der Waals surface area contributed by atoms with Crippen LogP contribution < -0.4 is 5.30 Å². The molecule has 4 heteroatoms. The summed E-state index contributed by atoms with van der Waals surface area (Å²) in [6, 6.07) is 4.72. The molecule has 1 unspecified atom stereocenters. The zero-order chi connectivity index (χ0) is 18.3. The molecule has 0 saturated carbocycles. The van der Waals surface area contributed by atoms with E-state index in [4.69, 9.17) is 13.8 Å². The molecule has 0 N–H and O–H groups in total. The third-order valence-electron chi connectivity index (χ3n) is 4.83. The molecule has 2 rings (SSSR count). The summed E-state index contributed by atoms with van der Waals surface area (Å²) in [5, 5.41) is 1.25. The summed E-state index contributed by atoms with van der Waals surface area (Å²) < 4.78 is 17.4. The Bertz CT molecular complexity index is 600. The molecular weight excluding hydrogens is 319 g/mol. The van der Waals surface area contributed by atoms with Gasteiger partial charge in [0.2, 0.25) is 8.38 Å². The topological polar surface area (TPSA) is 27.7 Å². The fourth-order valence-corrected chi connectivity index (χ4v) is 5.23. The lowest BCUT2D eigenvalue weighted by Crippen LogP contribution is -2.41. The van der Waals surface area contributed by atoms with Crippen LogP contribution in [0, 0.1) is 0 Å². The second-order valence-corrected chi connectivity index (χ2v) is 10.7. The molecule has 0 saturated heterocycles. The molecule has 0 aliphatic carbocycles. The zero-order valence-electron chi connectivity index (χ0n) is 16.7. The van der Waals surface area contributed by atoms with Crippen LogP contribution in [0.4, 0.5) is 0 Å². The number of methoxy groups -OCH3 is 1. The third kappa shape index (κ3) is 3.70. The first kappa shape index (κ1) is 19.8. The molecule has 1 heterocycles. The fraction of sp³-hybridized carbons (Fsp3) is 0.700. The first-order valence-electron chi connectivity index (χ1n) is 8.59. The zero-order valence-corrected chi connectivity index (χ0v) is 17.6. The summed E-state index contributed by atoms with van der Waals surface area (Å²) >= 11 is 0. The predicted octanol–water partition coefficient (Wildman–Crippen LogP) is 4.80. The van der Waals surface area contributed by atoms with Crippen LogP contribution in [0.5, 0.6) is 0 Å². The van der Waals surface area contributed by atoms with E-state index >= 15 is 0 Å². The second-order valence-electron chi connectivity index (χ2n) is 9.08. The van der Waals surface area contributed by atoms with E-state index in [9.17, 15) is 0 Å². The monoisotopic (exact) mass is 352 g/mol. The van der Waals surface area contributed by atoms with Crippen molar-refractivity contribution in [2.24, 2.45) is 0 Å². The number of hydrogen-bond donors (Lipinski definition) is 0. The first-order valence-corrected chi connectivity index (χ1v) is 9.77. The molecule has 3 nitrogen and oxygen atoms in total. The van der Waals surface area contributed by atoms with Crippen LogP contribution >= 0.6 is 8.38 Å². The van der Waals surface area contributed by atoms with Gasteiger partial charge >= 0.3 is 0 Å². The van der Waals surface area contributed by atoms with Gasteiger partial charge in [0, 0.05) is 30.4 Å². The molecular formula is C20H33O3P. The van der Waals surface area contributed by atoms with E-state index in [1.54, 1.807) is 14.2 Å². The van der Waals surface area contributed by atoms with Crippen molar-refractivity contribution in [2.75, 3.05) is 27.4 Å². The van der Waals surface area contributed by atoms with Crippen molar-refractivity contribution in [2.45, 2.75) is 64.7 Å². The number of rotatable bonds is 4. The highest BCUT2D eigenvalue weighted by Gasteiger charge is 2.40. The van der Waals surface area contributed by atoms with E-state index in [2.05, 4.69) is 60.6 Å². The molecule has 0 amide bonds. The maximum Gasteiger partial charge on any atom is 0.205 e. The van der Waals surface area contributed by atoms with Gasteiger partial charge in [-0.1, -0.05) is 60.6 Å². The lowest BCUT2D eigenvalue weighted by atomic mass is 9.74. The number of ether oxygens (including phenoxy) is 1. The average molecular weight is 352 g/mol. The summed E-state index contributed by atoms with van der Waals surface area (Å²) in [5.41, 5.74) is 4.00. The average Bonchev–Trinajstić information content (AvgIpc) is 2.45. The van der Waals surface area contributed by atoms with Crippen molar-refractivity contribution < 1.29 is 13.8 Å². The lowest BCUT2D eigenvalue weighted by molar-refractivity contribution is 0.146. The Hall–Kier alpha value is -0.470. The Morgan fingerprint density at radius 3 is 2.25 bits per heavy atom. The van der Waals surface area contributed by atoms with Crippen molar-refractivity contribution in [1.29, 1.82) is 0 Å². The largest absolute Gasteiger partial charge is 0.384 e. The maximum absolute atomic E-state index is 6.11. The van der Waals surface area contributed by atoms with E-state index in [0.29, 0.717) is 13.2 Å². The third-order valence-corrected chi connectivity index (χ3v) is 6.37. The van der Waals surface area contributed by atoms with Crippen LogP contribution in [-0.2, 0) is 30.0 Å². The van der Waals surface area contributed by atoms with E-state index < -0.39 is 8.38 Å². The maximum atomic E-state index is 6.11. The highest BCUT2D eigenvalue weighted by atomic mass is 31.2. The first-order chi connectivity index (χ1) is 10.9. The summed E-state index contributed by atoms with van der Waals surface area (Å²) in [6.45, 7) is 17.2. The molecule has 1 aliphatic heterocycles. The minimum Gasteiger partial charge on any atom is -0.384 e. The quantitative estimate of drug-likeness (QED) is 0.729. The highest BCUT2D eigenvalue weighted by Crippen LogP contribution is 2.49. The van der Waals surface area contributed by atoms with Crippen LogP contribution in [0.1, 0.15) is 65.2 Å². The van der Waals surface area contributed by atoms with Gasteiger partial charge < -0.3 is 13.8 Å². The van der Waals surface area contributed by atoms with Gasteiger partial charge in [0.15, 0.2) is 0 Å². The Labute approximate surface area is 149 Å². The van der Waals surface area contributed by atoms with Gasteiger partial charge in [-0.05, 0) is 22.1 Å². The minimum absolute atomic E-state index is 0.0220. The van der Waals surface area contributed by atoms with Crippen molar-refractivity contribution in [3.63, 3.8) is 0 Å². The van der Waals surface area contributed by atoms with Gasteiger partial charge in [0.05, 0.1) is 13.2 Å². The SMILES string of the molecule is COCC(C)(C)c1cc(C(C)(C)C)cc2c1P(OC)OCC2(C)C. The molecule has 0 bridgehead atoms. The van der Waals surface area contributed by atoms with Gasteiger partial charge in [-0.3, -0.25) is 0 Å². The molecule has 0 spiro atoms. The van der Waals surface area contributed by atoms with Gasteiger partial charge in [0.25, 0.3) is 0 Å². The standard InChI is InChI=1S/C20H33O3P/c1-18(2,3)14-10-15(19(4,5)12-21-8)17-16(11-14)20(6,7)13-23-24(17)22-9/h10-11H,12-13H2,1-9H3. The van der Waals surface area contributed by atoms with Crippen LogP contribution in [0.15, 0.2) is 12.1 Å². The van der Waals surface area contributed by atoms with E-state index in [-0.39, 0.29) is 16.2 Å². The Morgan fingerprint density at radius 2 is 1.75 bits per heavy atom. The van der Waals surface area contributed by atoms with E-state index in [1.165, 1.54) is 22.0 Å². The lowest BCUT2D eigenvalue weighted by Gasteiger charge is -2.41. The Kier molecular flexibility index (Phi) is 5.53. The molecule has 1 atom stereocenters. The molecule has 1 aromatic carbocycles. The van der Waals surface area contributed by atoms with Gasteiger partial charge in [-0.2, -0.15) is 0 Å². The molecule has 1 aliphatic rings. The van der Waals surface area contributed by atoms with Crippen molar-refractivity contribution in [3.05, 3.63) is 28.8 Å².